The normalized spacial score (nSPS) is 12.4. The van der Waals surface area contributed by atoms with Crippen LogP contribution in [0.4, 0.5) is 4.79 Å². The Morgan fingerprint density at radius 2 is 1.90 bits per heavy atom. The minimum atomic E-state index is -0.593. The molecule has 0 aliphatic heterocycles. The molecule has 1 heterocycles. The van der Waals surface area contributed by atoms with Crippen LogP contribution in [0.3, 0.4) is 0 Å². The summed E-state index contributed by atoms with van der Waals surface area (Å²) >= 11 is 0. The van der Waals surface area contributed by atoms with E-state index in [1.54, 1.807) is 37.1 Å². The van der Waals surface area contributed by atoms with Crippen molar-refractivity contribution < 1.29 is 19.5 Å². The van der Waals surface area contributed by atoms with Crippen LogP contribution in [0.2, 0.25) is 0 Å². The van der Waals surface area contributed by atoms with Crippen molar-refractivity contribution in [2.75, 3.05) is 0 Å². The van der Waals surface area contributed by atoms with E-state index in [9.17, 15) is 9.59 Å². The number of hydrogen-bond acceptors (Lipinski definition) is 6. The highest BCUT2D eigenvalue weighted by atomic mass is 16.6. The van der Waals surface area contributed by atoms with Crippen LogP contribution in [0.15, 0.2) is 48.7 Å². The van der Waals surface area contributed by atoms with Gasteiger partial charge in [-0.05, 0) is 43.5 Å². The lowest BCUT2D eigenvalue weighted by Crippen LogP contribution is -2.32. The third-order valence-corrected chi connectivity index (χ3v) is 4.58. The smallest absolute Gasteiger partial charge is 0.407 e. The molecule has 31 heavy (non-hydrogen) atoms. The number of fused-ring (bicyclic) bond motifs is 1. The molecule has 9 heteroatoms. The first kappa shape index (κ1) is 22.2. The fraction of sp³-hybridized carbons (Fsp3) is 0.364. The van der Waals surface area contributed by atoms with E-state index in [2.05, 4.69) is 21.7 Å². The summed E-state index contributed by atoms with van der Waals surface area (Å²) in [5.74, 6) is -0.519. The Morgan fingerprint density at radius 3 is 2.61 bits per heavy atom. The van der Waals surface area contributed by atoms with Gasteiger partial charge in [0, 0.05) is 0 Å². The maximum atomic E-state index is 11.9. The van der Waals surface area contributed by atoms with Gasteiger partial charge >= 0.3 is 6.09 Å². The molecule has 0 spiro atoms. The fourth-order valence-corrected chi connectivity index (χ4v) is 3.21. The highest BCUT2D eigenvalue weighted by molar-refractivity contribution is 5.83. The number of hydrogen-bond donors (Lipinski definition) is 3. The Labute approximate surface area is 180 Å². The van der Waals surface area contributed by atoms with Crippen LogP contribution in [0, 0.1) is 0 Å². The van der Waals surface area contributed by atoms with Crippen molar-refractivity contribution in [3.63, 3.8) is 0 Å². The van der Waals surface area contributed by atoms with Crippen molar-refractivity contribution >= 4 is 22.8 Å². The first-order chi connectivity index (χ1) is 14.7. The summed E-state index contributed by atoms with van der Waals surface area (Å²) in [4.78, 5) is 23.7. The number of alkyl carbamates (subject to hydrolysis) is 1. The summed E-state index contributed by atoms with van der Waals surface area (Å²) in [5, 5.41) is 22.0. The van der Waals surface area contributed by atoms with Crippen molar-refractivity contribution in [2.45, 2.75) is 51.8 Å². The Kier molecular flexibility index (Phi) is 6.86. The molecule has 2 amide bonds. The molecule has 2 aromatic carbocycles. The topological polar surface area (TPSA) is 118 Å². The predicted molar refractivity (Wildman–Crippen MR) is 114 cm³/mol. The molecule has 3 rings (SSSR count). The van der Waals surface area contributed by atoms with Crippen LogP contribution in [0.25, 0.3) is 10.8 Å². The van der Waals surface area contributed by atoms with Crippen LogP contribution >= 0.6 is 0 Å². The van der Waals surface area contributed by atoms with Gasteiger partial charge in [0.15, 0.2) is 0 Å². The van der Waals surface area contributed by atoms with Gasteiger partial charge in [-0.1, -0.05) is 47.7 Å². The van der Waals surface area contributed by atoms with Crippen LogP contribution in [-0.4, -0.2) is 37.8 Å². The van der Waals surface area contributed by atoms with Crippen molar-refractivity contribution in [2.24, 2.45) is 0 Å². The van der Waals surface area contributed by atoms with Crippen LogP contribution in [0.1, 0.15) is 44.5 Å². The second kappa shape index (κ2) is 9.57. The van der Waals surface area contributed by atoms with Gasteiger partial charge in [0.25, 0.3) is 0 Å². The summed E-state index contributed by atoms with van der Waals surface area (Å²) in [6.45, 7) is 5.50. The van der Waals surface area contributed by atoms with E-state index < -0.39 is 17.6 Å². The average molecular weight is 425 g/mol. The Bertz CT molecular complexity index is 1060. The summed E-state index contributed by atoms with van der Waals surface area (Å²) < 4.78 is 6.79. The van der Waals surface area contributed by atoms with E-state index in [1.807, 2.05) is 36.4 Å². The molecule has 0 unspecified atom stereocenters. The third kappa shape index (κ3) is 6.51. The van der Waals surface area contributed by atoms with Crippen molar-refractivity contribution in [1.82, 2.24) is 25.8 Å². The summed E-state index contributed by atoms with van der Waals surface area (Å²) in [6, 6.07) is 13.8. The Hall–Kier alpha value is -3.46. The number of benzene rings is 2. The number of aromatic nitrogens is 3. The number of rotatable bonds is 7. The zero-order chi connectivity index (χ0) is 22.4. The minimum absolute atomic E-state index is 0.0195. The summed E-state index contributed by atoms with van der Waals surface area (Å²) in [6.07, 6.45) is 1.66. The van der Waals surface area contributed by atoms with Crippen LogP contribution < -0.4 is 10.8 Å². The zero-order valence-electron chi connectivity index (χ0n) is 17.8. The van der Waals surface area contributed by atoms with Gasteiger partial charge in [-0.2, -0.15) is 0 Å². The number of nitrogens with one attached hydrogen (secondary N) is 2. The van der Waals surface area contributed by atoms with Crippen molar-refractivity contribution in [3.8, 4) is 0 Å². The molecule has 0 aliphatic rings. The number of ether oxygens (including phenoxy) is 1. The van der Waals surface area contributed by atoms with E-state index >= 15 is 0 Å². The van der Waals surface area contributed by atoms with Gasteiger partial charge in [0.2, 0.25) is 5.91 Å². The van der Waals surface area contributed by atoms with Gasteiger partial charge in [-0.25, -0.2) is 15.0 Å². The first-order valence-electron chi connectivity index (χ1n) is 10.0. The number of amides is 2. The van der Waals surface area contributed by atoms with E-state index in [0.717, 1.165) is 16.3 Å². The maximum absolute atomic E-state index is 11.9. The molecular formula is C22H27N5O4. The largest absolute Gasteiger partial charge is 0.444 e. The molecule has 0 saturated heterocycles. The van der Waals surface area contributed by atoms with Gasteiger partial charge in [0.05, 0.1) is 25.2 Å². The maximum Gasteiger partial charge on any atom is 0.407 e. The summed E-state index contributed by atoms with van der Waals surface area (Å²) in [7, 11) is 0. The predicted octanol–water partition coefficient (Wildman–Crippen LogP) is 3.14. The van der Waals surface area contributed by atoms with Crippen LogP contribution in [0.5, 0.6) is 0 Å². The molecule has 0 bridgehead atoms. The van der Waals surface area contributed by atoms with Crippen LogP contribution in [-0.2, 0) is 22.5 Å². The highest BCUT2D eigenvalue weighted by Gasteiger charge is 2.20. The second-order valence-electron chi connectivity index (χ2n) is 8.32. The molecular weight excluding hydrogens is 398 g/mol. The van der Waals surface area contributed by atoms with E-state index in [4.69, 9.17) is 9.94 Å². The third-order valence-electron chi connectivity index (χ3n) is 4.58. The SMILES string of the molecule is CC(C)(C)OC(=O)NCc1cn([C@@H](CC(=O)NO)Cc2ccc3ccccc3c2)nn1. The minimum Gasteiger partial charge on any atom is -0.444 e. The second-order valence-corrected chi connectivity index (χ2v) is 8.32. The quantitative estimate of drug-likeness (QED) is 0.395. The summed E-state index contributed by atoms with van der Waals surface area (Å²) in [5.41, 5.74) is 2.64. The Balaban J connectivity index is 1.72. The first-order valence-corrected chi connectivity index (χ1v) is 10.0. The standard InChI is InChI=1S/C22H27N5O4/c1-22(2,3)31-21(29)23-13-18-14-27(26-24-18)19(12-20(28)25-30)11-15-8-9-16-6-4-5-7-17(16)10-15/h4-10,14,19,30H,11-13H2,1-3H3,(H,23,29)(H,25,28)/t19-/m1/s1. The average Bonchev–Trinajstić information content (AvgIpc) is 3.19. The number of nitrogens with zero attached hydrogens (tertiary/aromatic N) is 3. The monoisotopic (exact) mass is 425 g/mol. The van der Waals surface area contributed by atoms with Gasteiger partial charge < -0.3 is 10.1 Å². The van der Waals surface area contributed by atoms with E-state index in [-0.39, 0.29) is 19.0 Å². The fourth-order valence-electron chi connectivity index (χ4n) is 3.21. The lowest BCUT2D eigenvalue weighted by Gasteiger charge is -2.19. The molecule has 0 aliphatic carbocycles. The van der Waals surface area contributed by atoms with Gasteiger partial charge in [-0.3, -0.25) is 10.0 Å². The van der Waals surface area contributed by atoms with Crippen molar-refractivity contribution in [1.29, 1.82) is 0 Å². The van der Waals surface area contributed by atoms with Gasteiger partial charge in [-0.15, -0.1) is 5.10 Å². The molecule has 1 aromatic heterocycles. The molecule has 9 nitrogen and oxygen atoms in total. The van der Waals surface area contributed by atoms with Gasteiger partial charge in [0.1, 0.15) is 11.3 Å². The van der Waals surface area contributed by atoms with E-state index in [1.165, 1.54) is 0 Å². The molecule has 0 saturated carbocycles. The lowest BCUT2D eigenvalue weighted by atomic mass is 10.00. The molecule has 1 atom stereocenters. The Morgan fingerprint density at radius 1 is 1.16 bits per heavy atom. The van der Waals surface area contributed by atoms with E-state index in [0.29, 0.717) is 12.1 Å². The lowest BCUT2D eigenvalue weighted by molar-refractivity contribution is -0.130. The molecule has 3 N–H and O–H groups in total. The highest BCUT2D eigenvalue weighted by Crippen LogP contribution is 2.22. The van der Waals surface area contributed by atoms with Crippen molar-refractivity contribution in [3.05, 3.63) is 59.9 Å². The zero-order valence-corrected chi connectivity index (χ0v) is 17.8. The molecule has 0 radical (unpaired) electrons. The number of carbonyl (C=O) groups is 2. The molecule has 0 fully saturated rings. The molecule has 164 valence electrons. The molecule has 3 aromatic rings. The number of hydroxylamine groups is 1. The number of carbonyl (C=O) groups excluding carboxylic acids is 2.